The van der Waals surface area contributed by atoms with E-state index in [1.165, 1.54) is 0 Å². The number of nitrogens with zero attached hydrogens (tertiary/aromatic N) is 2. The van der Waals surface area contributed by atoms with E-state index in [9.17, 15) is 9.90 Å². The number of carboxylic acids is 1. The van der Waals surface area contributed by atoms with Crippen LogP contribution in [0.1, 0.15) is 17.3 Å². The topological polar surface area (TPSA) is 74.0 Å². The summed E-state index contributed by atoms with van der Waals surface area (Å²) in [4.78, 5) is 11.2. The number of carboxylic acid groups (broad SMARTS) is 1. The Hall–Kier alpha value is -2.53. The van der Waals surface area contributed by atoms with Gasteiger partial charge in [0.25, 0.3) is 0 Å². The average molecular weight is 281 g/mol. The van der Waals surface area contributed by atoms with Gasteiger partial charge in [0.1, 0.15) is 12.2 Å². The van der Waals surface area contributed by atoms with E-state index in [1.54, 1.807) is 0 Å². The summed E-state index contributed by atoms with van der Waals surface area (Å²) >= 11 is 0. The van der Waals surface area contributed by atoms with Gasteiger partial charge in [-0.05, 0) is 29.7 Å². The third-order valence-corrected chi connectivity index (χ3v) is 3.48. The summed E-state index contributed by atoms with van der Waals surface area (Å²) in [5.74, 6) is -0.871. The molecule has 0 amide bonds. The second-order valence-electron chi connectivity index (χ2n) is 4.91. The molecular formula is C16H15N3O2. The summed E-state index contributed by atoms with van der Waals surface area (Å²) in [5.41, 5.74) is 2.73. The van der Waals surface area contributed by atoms with Gasteiger partial charge in [-0.25, -0.2) is 0 Å². The normalized spacial score (nSPS) is 21.1. The predicted molar refractivity (Wildman–Crippen MR) is 78.4 cm³/mol. The highest BCUT2D eigenvalue weighted by atomic mass is 16.4. The van der Waals surface area contributed by atoms with E-state index in [0.717, 1.165) is 16.8 Å². The van der Waals surface area contributed by atoms with Crippen molar-refractivity contribution in [3.63, 3.8) is 0 Å². The van der Waals surface area contributed by atoms with Crippen molar-refractivity contribution >= 4 is 11.7 Å². The lowest BCUT2D eigenvalue weighted by atomic mass is 9.94. The number of azo groups is 1. The first kappa shape index (κ1) is 13.5. The highest BCUT2D eigenvalue weighted by Crippen LogP contribution is 2.27. The maximum Gasteiger partial charge on any atom is 0.321 e. The second kappa shape index (κ2) is 5.85. The predicted octanol–water partition coefficient (Wildman–Crippen LogP) is 3.07. The molecule has 1 heterocycles. The van der Waals surface area contributed by atoms with Gasteiger partial charge >= 0.3 is 5.97 Å². The Balaban J connectivity index is 1.90. The van der Waals surface area contributed by atoms with Gasteiger partial charge in [-0.2, -0.15) is 10.2 Å². The zero-order valence-corrected chi connectivity index (χ0v) is 11.3. The van der Waals surface area contributed by atoms with Crippen LogP contribution >= 0.6 is 0 Å². The van der Waals surface area contributed by atoms with Gasteiger partial charge in [0.05, 0.1) is 5.69 Å². The molecule has 2 unspecified atom stereocenters. The number of hydrogen-bond acceptors (Lipinski definition) is 4. The zero-order valence-electron chi connectivity index (χ0n) is 11.3. The van der Waals surface area contributed by atoms with Crippen LogP contribution in [0.5, 0.6) is 0 Å². The van der Waals surface area contributed by atoms with Crippen molar-refractivity contribution in [2.24, 2.45) is 10.2 Å². The molecule has 2 N–H and O–H groups in total. The number of benzene rings is 2. The van der Waals surface area contributed by atoms with Crippen molar-refractivity contribution in [1.29, 1.82) is 0 Å². The molecule has 1 aliphatic rings. The molecular weight excluding hydrogens is 266 g/mol. The molecule has 1 aliphatic heterocycles. The van der Waals surface area contributed by atoms with E-state index < -0.39 is 18.2 Å². The Morgan fingerprint density at radius 3 is 2.57 bits per heavy atom. The maximum absolute atomic E-state index is 11.2. The van der Waals surface area contributed by atoms with Crippen LogP contribution in [0.15, 0.2) is 64.8 Å². The second-order valence-corrected chi connectivity index (χ2v) is 4.91. The lowest BCUT2D eigenvalue weighted by Crippen LogP contribution is -2.44. The molecule has 3 rings (SSSR count). The van der Waals surface area contributed by atoms with Crippen molar-refractivity contribution in [2.75, 3.05) is 0 Å². The fourth-order valence-corrected chi connectivity index (χ4v) is 2.42. The van der Waals surface area contributed by atoms with Crippen molar-refractivity contribution < 1.29 is 9.90 Å². The van der Waals surface area contributed by atoms with Crippen LogP contribution in [-0.2, 0) is 11.2 Å². The van der Waals surface area contributed by atoms with Gasteiger partial charge in [0.15, 0.2) is 0 Å². The van der Waals surface area contributed by atoms with Crippen molar-refractivity contribution in [3.05, 3.63) is 65.7 Å². The number of nitrogens with one attached hydrogen (secondary N) is 1. The molecule has 5 nitrogen and oxygen atoms in total. The van der Waals surface area contributed by atoms with Gasteiger partial charge < -0.3 is 5.11 Å². The molecule has 106 valence electrons. The quantitative estimate of drug-likeness (QED) is 0.849. The summed E-state index contributed by atoms with van der Waals surface area (Å²) in [6.45, 7) is 0. The molecule has 2 aromatic rings. The first-order valence-electron chi connectivity index (χ1n) is 6.76. The first-order chi connectivity index (χ1) is 10.2. The Morgan fingerprint density at radius 2 is 1.81 bits per heavy atom. The Bertz CT molecular complexity index is 670. The number of carbonyl (C=O) groups is 1. The largest absolute Gasteiger partial charge is 0.480 e. The zero-order chi connectivity index (χ0) is 14.7. The third kappa shape index (κ3) is 2.98. The summed E-state index contributed by atoms with van der Waals surface area (Å²) in [7, 11) is 0. The van der Waals surface area contributed by atoms with E-state index in [0.29, 0.717) is 6.42 Å². The third-order valence-electron chi connectivity index (χ3n) is 3.48. The molecule has 0 aliphatic carbocycles. The van der Waals surface area contributed by atoms with Crippen LogP contribution in [0.3, 0.4) is 0 Å². The molecule has 0 saturated heterocycles. The fourth-order valence-electron chi connectivity index (χ4n) is 2.42. The summed E-state index contributed by atoms with van der Waals surface area (Å²) < 4.78 is 0. The van der Waals surface area contributed by atoms with Gasteiger partial charge in [-0.3, -0.25) is 10.1 Å². The monoisotopic (exact) mass is 281 g/mol. The molecule has 21 heavy (non-hydrogen) atoms. The Morgan fingerprint density at radius 1 is 1.10 bits per heavy atom. The van der Waals surface area contributed by atoms with Gasteiger partial charge in [-0.1, -0.05) is 42.5 Å². The van der Waals surface area contributed by atoms with Crippen LogP contribution < -0.4 is 5.32 Å². The lowest BCUT2D eigenvalue weighted by Gasteiger charge is -2.27. The number of rotatable bonds is 3. The summed E-state index contributed by atoms with van der Waals surface area (Å²) in [6.07, 6.45) is 0.0272. The Kier molecular flexibility index (Phi) is 3.75. The van der Waals surface area contributed by atoms with Crippen LogP contribution in [0.4, 0.5) is 5.69 Å². The van der Waals surface area contributed by atoms with Crippen LogP contribution in [0.25, 0.3) is 0 Å². The smallest absolute Gasteiger partial charge is 0.321 e. The fraction of sp³-hybridized carbons (Fsp3) is 0.188. The lowest BCUT2D eigenvalue weighted by molar-refractivity contribution is -0.139. The SMILES string of the molecule is O=C(O)C1Cc2ccccc2C(N=Nc2ccccc2)N1. The molecule has 0 saturated carbocycles. The molecule has 2 atom stereocenters. The van der Waals surface area contributed by atoms with E-state index in [2.05, 4.69) is 15.5 Å². The van der Waals surface area contributed by atoms with Crippen molar-refractivity contribution in [3.8, 4) is 0 Å². The van der Waals surface area contributed by atoms with E-state index >= 15 is 0 Å². The molecule has 0 bridgehead atoms. The van der Waals surface area contributed by atoms with Gasteiger partial charge in [0, 0.05) is 0 Å². The highest BCUT2D eigenvalue weighted by molar-refractivity contribution is 5.74. The summed E-state index contributed by atoms with van der Waals surface area (Å²) in [6, 6.07) is 16.5. The summed E-state index contributed by atoms with van der Waals surface area (Å²) in [5, 5.41) is 20.7. The molecule has 0 aromatic heterocycles. The van der Waals surface area contributed by atoms with Crippen molar-refractivity contribution in [1.82, 2.24) is 5.32 Å². The van der Waals surface area contributed by atoms with Gasteiger partial charge in [0.2, 0.25) is 0 Å². The number of aliphatic carboxylic acids is 1. The molecule has 5 heteroatoms. The minimum Gasteiger partial charge on any atom is -0.480 e. The first-order valence-corrected chi connectivity index (χ1v) is 6.76. The van der Waals surface area contributed by atoms with Crippen molar-refractivity contribution in [2.45, 2.75) is 18.6 Å². The number of fused-ring (bicyclic) bond motifs is 1. The average Bonchev–Trinajstić information content (AvgIpc) is 2.53. The van der Waals surface area contributed by atoms with E-state index in [1.807, 2.05) is 54.6 Å². The van der Waals surface area contributed by atoms with Gasteiger partial charge in [-0.15, -0.1) is 0 Å². The number of hydrogen-bond donors (Lipinski definition) is 2. The molecule has 0 fully saturated rings. The highest BCUT2D eigenvalue weighted by Gasteiger charge is 2.29. The van der Waals surface area contributed by atoms with Crippen LogP contribution in [0, 0.1) is 0 Å². The van der Waals surface area contributed by atoms with Crippen LogP contribution in [-0.4, -0.2) is 17.1 Å². The Labute approximate surface area is 122 Å². The molecule has 2 aromatic carbocycles. The minimum absolute atomic E-state index is 0.434. The van der Waals surface area contributed by atoms with E-state index in [-0.39, 0.29) is 0 Å². The maximum atomic E-state index is 11.2. The minimum atomic E-state index is -0.871. The molecule has 0 radical (unpaired) electrons. The van der Waals surface area contributed by atoms with Crippen LogP contribution in [0.2, 0.25) is 0 Å². The van der Waals surface area contributed by atoms with E-state index in [4.69, 9.17) is 0 Å². The standard InChI is InChI=1S/C16H15N3O2/c20-16(21)14-10-11-6-4-5-9-13(11)15(17-14)19-18-12-7-2-1-3-8-12/h1-9,14-15,17H,10H2,(H,20,21). The molecule has 0 spiro atoms.